The quantitative estimate of drug-likeness (QED) is 0.853. The molecule has 25 heavy (non-hydrogen) atoms. The van der Waals surface area contributed by atoms with Gasteiger partial charge in [0, 0.05) is 12.4 Å². The Kier molecular flexibility index (Phi) is 5.38. The van der Waals surface area contributed by atoms with Crippen LogP contribution in [0.4, 0.5) is 4.79 Å². The van der Waals surface area contributed by atoms with Gasteiger partial charge in [0.25, 0.3) is 0 Å². The molecule has 0 aliphatic carbocycles. The lowest BCUT2D eigenvalue weighted by atomic mass is 10.00. The van der Waals surface area contributed by atoms with Crippen LogP contribution in [0.2, 0.25) is 0 Å². The van der Waals surface area contributed by atoms with Gasteiger partial charge in [-0.25, -0.2) is 4.79 Å². The van der Waals surface area contributed by atoms with Crippen molar-refractivity contribution in [3.8, 4) is 6.07 Å². The van der Waals surface area contributed by atoms with E-state index in [-0.39, 0.29) is 6.54 Å². The Hall–Kier alpha value is -2.94. The number of Topliss-reactive ketones (excluding diaryl/α,β-unsaturated/α-hetero) is 1. The number of aromatic nitrogens is 1. The van der Waals surface area contributed by atoms with Crippen LogP contribution in [0.3, 0.4) is 0 Å². The Morgan fingerprint density at radius 2 is 1.92 bits per heavy atom. The summed E-state index contributed by atoms with van der Waals surface area (Å²) >= 11 is 0. The number of ether oxygens (including phenoxy) is 1. The highest BCUT2D eigenvalue weighted by atomic mass is 16.6. The molecule has 0 unspecified atom stereocenters. The molecule has 0 saturated heterocycles. The van der Waals surface area contributed by atoms with Crippen molar-refractivity contribution in [1.82, 2.24) is 9.88 Å². The lowest BCUT2D eigenvalue weighted by Gasteiger charge is -2.24. The van der Waals surface area contributed by atoms with Crippen molar-refractivity contribution in [1.29, 1.82) is 5.26 Å². The number of rotatable bonds is 4. The number of ketones is 1. The number of carbonyl (C=O) groups excluding carboxylic acids is 2. The number of amides is 1. The number of pyridine rings is 1. The average molecular weight is 339 g/mol. The van der Waals surface area contributed by atoms with E-state index in [9.17, 15) is 14.9 Å². The van der Waals surface area contributed by atoms with Gasteiger partial charge >= 0.3 is 6.09 Å². The Balaban J connectivity index is 2.15. The van der Waals surface area contributed by atoms with Crippen LogP contribution in [-0.4, -0.2) is 41.0 Å². The SMILES string of the molecule is CN(CC(=O)[C@H](C#N)c1ccc2ccccc2n1)C(=O)OC(C)(C)C. The molecule has 6 heteroatoms. The third kappa shape index (κ3) is 4.77. The van der Waals surface area contributed by atoms with E-state index >= 15 is 0 Å². The van der Waals surface area contributed by atoms with Crippen LogP contribution >= 0.6 is 0 Å². The highest BCUT2D eigenvalue weighted by Crippen LogP contribution is 2.19. The van der Waals surface area contributed by atoms with Gasteiger partial charge in [-0.1, -0.05) is 24.3 Å². The third-order valence-corrected chi connectivity index (χ3v) is 3.46. The molecule has 0 saturated carbocycles. The third-order valence-electron chi connectivity index (χ3n) is 3.46. The fourth-order valence-corrected chi connectivity index (χ4v) is 2.28. The number of para-hydroxylation sites is 1. The average Bonchev–Trinajstić information content (AvgIpc) is 2.53. The van der Waals surface area contributed by atoms with Crippen molar-refractivity contribution in [2.45, 2.75) is 32.3 Å². The highest BCUT2D eigenvalue weighted by Gasteiger charge is 2.26. The zero-order chi connectivity index (χ0) is 18.6. The second kappa shape index (κ2) is 7.31. The smallest absolute Gasteiger partial charge is 0.410 e. The predicted octanol–water partition coefficient (Wildman–Crippen LogP) is 3.28. The van der Waals surface area contributed by atoms with Crippen molar-refractivity contribution in [3.05, 3.63) is 42.1 Å². The largest absolute Gasteiger partial charge is 0.444 e. The minimum Gasteiger partial charge on any atom is -0.444 e. The van der Waals surface area contributed by atoms with Gasteiger partial charge in [0.2, 0.25) is 0 Å². The first-order chi connectivity index (χ1) is 11.7. The molecule has 1 heterocycles. The van der Waals surface area contributed by atoms with Crippen molar-refractivity contribution >= 4 is 22.8 Å². The van der Waals surface area contributed by atoms with Gasteiger partial charge in [0.1, 0.15) is 11.5 Å². The second-order valence-electron chi connectivity index (χ2n) is 6.79. The Morgan fingerprint density at radius 1 is 1.24 bits per heavy atom. The van der Waals surface area contributed by atoms with Gasteiger partial charge in [-0.05, 0) is 32.9 Å². The first kappa shape index (κ1) is 18.4. The molecule has 0 spiro atoms. The van der Waals surface area contributed by atoms with Crippen LogP contribution in [0.5, 0.6) is 0 Å². The number of carbonyl (C=O) groups is 2. The maximum Gasteiger partial charge on any atom is 0.410 e. The van der Waals surface area contributed by atoms with E-state index in [2.05, 4.69) is 4.98 Å². The molecule has 2 rings (SSSR count). The highest BCUT2D eigenvalue weighted by molar-refractivity contribution is 5.92. The number of hydrogen-bond acceptors (Lipinski definition) is 5. The summed E-state index contributed by atoms with van der Waals surface area (Å²) in [4.78, 5) is 30.0. The van der Waals surface area contributed by atoms with E-state index in [0.29, 0.717) is 11.2 Å². The summed E-state index contributed by atoms with van der Waals surface area (Å²) in [6.45, 7) is 5.02. The van der Waals surface area contributed by atoms with Crippen molar-refractivity contribution < 1.29 is 14.3 Å². The fraction of sp³-hybridized carbons (Fsp3) is 0.368. The van der Waals surface area contributed by atoms with E-state index in [4.69, 9.17) is 4.74 Å². The molecule has 6 nitrogen and oxygen atoms in total. The molecule has 0 bridgehead atoms. The van der Waals surface area contributed by atoms with Gasteiger partial charge in [0.15, 0.2) is 5.78 Å². The van der Waals surface area contributed by atoms with Crippen LogP contribution in [0.15, 0.2) is 36.4 Å². The first-order valence-electron chi connectivity index (χ1n) is 7.93. The van der Waals surface area contributed by atoms with E-state index < -0.39 is 23.4 Å². The molecule has 0 radical (unpaired) electrons. The van der Waals surface area contributed by atoms with Crippen molar-refractivity contribution in [2.75, 3.05) is 13.6 Å². The van der Waals surface area contributed by atoms with Gasteiger partial charge in [-0.15, -0.1) is 0 Å². The number of benzene rings is 1. The topological polar surface area (TPSA) is 83.3 Å². The van der Waals surface area contributed by atoms with E-state index in [0.717, 1.165) is 5.39 Å². The zero-order valence-corrected chi connectivity index (χ0v) is 14.8. The molecule has 130 valence electrons. The van der Waals surface area contributed by atoms with Crippen LogP contribution in [-0.2, 0) is 9.53 Å². The standard InChI is InChI=1S/C19H21N3O3/c1-19(2,3)25-18(24)22(4)12-17(23)14(11-20)16-10-9-13-7-5-6-8-15(13)21-16/h5-10,14H,12H2,1-4H3/t14-/m1/s1. The maximum atomic E-state index is 12.5. The number of nitrogens with zero attached hydrogens (tertiary/aromatic N) is 3. The molecule has 1 aromatic carbocycles. The molecule has 1 atom stereocenters. The molecule has 0 fully saturated rings. The normalized spacial score (nSPS) is 12.3. The summed E-state index contributed by atoms with van der Waals surface area (Å²) in [5, 5.41) is 10.3. The molecule has 1 amide bonds. The van der Waals surface area contributed by atoms with Gasteiger partial charge in [0.05, 0.1) is 23.8 Å². The van der Waals surface area contributed by atoms with E-state index in [1.54, 1.807) is 26.8 Å². The minimum absolute atomic E-state index is 0.221. The molecule has 1 aromatic heterocycles. The lowest BCUT2D eigenvalue weighted by Crippen LogP contribution is -2.38. The molecule has 0 aliphatic rings. The Morgan fingerprint density at radius 3 is 2.56 bits per heavy atom. The van der Waals surface area contributed by atoms with Crippen molar-refractivity contribution in [3.63, 3.8) is 0 Å². The lowest BCUT2D eigenvalue weighted by molar-refractivity contribution is -0.120. The monoisotopic (exact) mass is 339 g/mol. The van der Waals surface area contributed by atoms with Crippen molar-refractivity contribution in [2.24, 2.45) is 0 Å². The maximum absolute atomic E-state index is 12.5. The number of likely N-dealkylation sites (N-methyl/N-ethyl adjacent to an activating group) is 1. The van der Waals surface area contributed by atoms with Crippen LogP contribution in [0.25, 0.3) is 10.9 Å². The fourth-order valence-electron chi connectivity index (χ4n) is 2.28. The number of fused-ring (bicyclic) bond motifs is 1. The summed E-state index contributed by atoms with van der Waals surface area (Å²) in [5.41, 5.74) is 0.445. The summed E-state index contributed by atoms with van der Waals surface area (Å²) in [7, 11) is 1.47. The molecular formula is C19H21N3O3. The number of nitriles is 1. The predicted molar refractivity (Wildman–Crippen MR) is 94.0 cm³/mol. The zero-order valence-electron chi connectivity index (χ0n) is 14.8. The van der Waals surface area contributed by atoms with Crippen LogP contribution in [0, 0.1) is 11.3 Å². The molecule has 0 aliphatic heterocycles. The Labute approximate surface area is 147 Å². The number of hydrogen-bond donors (Lipinski definition) is 0. The van der Waals surface area contributed by atoms with Gasteiger partial charge < -0.3 is 9.64 Å². The molecule has 0 N–H and O–H groups in total. The molecule has 2 aromatic rings. The van der Waals surface area contributed by atoms with Gasteiger partial charge in [-0.3, -0.25) is 9.78 Å². The molecular weight excluding hydrogens is 318 g/mol. The minimum atomic E-state index is -1.03. The van der Waals surface area contributed by atoms with Crippen LogP contribution in [0.1, 0.15) is 32.4 Å². The summed E-state index contributed by atoms with van der Waals surface area (Å²) in [6.07, 6.45) is -0.607. The van der Waals surface area contributed by atoms with Gasteiger partial charge in [-0.2, -0.15) is 5.26 Å². The summed E-state index contributed by atoms with van der Waals surface area (Å²) in [5.74, 6) is -1.44. The van der Waals surface area contributed by atoms with E-state index in [1.807, 2.05) is 36.4 Å². The summed E-state index contributed by atoms with van der Waals surface area (Å²) < 4.78 is 5.21. The first-order valence-corrected chi connectivity index (χ1v) is 7.93. The Bertz CT molecular complexity index is 834. The second-order valence-corrected chi connectivity index (χ2v) is 6.79. The summed E-state index contributed by atoms with van der Waals surface area (Å²) in [6, 6.07) is 13.0. The van der Waals surface area contributed by atoms with E-state index in [1.165, 1.54) is 11.9 Å². The van der Waals surface area contributed by atoms with Crippen LogP contribution < -0.4 is 0 Å².